The lowest BCUT2D eigenvalue weighted by Gasteiger charge is -2.23. The molecule has 19 heavy (non-hydrogen) atoms. The van der Waals surface area contributed by atoms with Crippen molar-refractivity contribution < 1.29 is 14.6 Å². The third kappa shape index (κ3) is 3.55. The van der Waals surface area contributed by atoms with Crippen molar-refractivity contribution in [2.75, 3.05) is 20.3 Å². The van der Waals surface area contributed by atoms with Crippen LogP contribution in [0.25, 0.3) is 0 Å². The average Bonchev–Trinajstić information content (AvgIpc) is 2.88. The highest BCUT2D eigenvalue weighted by Gasteiger charge is 2.24. The molecule has 0 aliphatic carbocycles. The second kappa shape index (κ2) is 6.68. The average molecular weight is 263 g/mol. The molecule has 1 N–H and O–H groups in total. The predicted molar refractivity (Wildman–Crippen MR) is 72.7 cm³/mol. The maximum atomic E-state index is 11.4. The van der Waals surface area contributed by atoms with Crippen LogP contribution in [0.3, 0.4) is 0 Å². The number of carbonyl (C=O) groups is 1. The Balaban J connectivity index is 2.09. The summed E-state index contributed by atoms with van der Waals surface area (Å²) in [5.74, 6) is -0.215. The van der Waals surface area contributed by atoms with E-state index in [1.165, 1.54) is 7.11 Å². The molecule has 1 heterocycles. The molecule has 104 valence electrons. The smallest absolute Gasteiger partial charge is 0.309 e. The minimum atomic E-state index is -0.215. The molecule has 1 aromatic rings. The van der Waals surface area contributed by atoms with Crippen LogP contribution in [0.2, 0.25) is 0 Å². The summed E-state index contributed by atoms with van der Waals surface area (Å²) in [6, 6.07) is 8.20. The number of esters is 1. The molecule has 0 amide bonds. The fourth-order valence-corrected chi connectivity index (χ4v) is 2.64. The lowest BCUT2D eigenvalue weighted by atomic mass is 10.0. The van der Waals surface area contributed by atoms with E-state index in [1.807, 2.05) is 24.3 Å². The first-order valence-electron chi connectivity index (χ1n) is 6.73. The zero-order valence-corrected chi connectivity index (χ0v) is 11.3. The molecule has 1 aliphatic heterocycles. The Morgan fingerprint density at radius 2 is 2.16 bits per heavy atom. The summed E-state index contributed by atoms with van der Waals surface area (Å²) in [4.78, 5) is 13.7. The van der Waals surface area contributed by atoms with E-state index in [2.05, 4.69) is 4.90 Å². The number of aliphatic hydroxyl groups is 1. The molecule has 2 rings (SSSR count). The van der Waals surface area contributed by atoms with Crippen LogP contribution in [-0.4, -0.2) is 42.3 Å². The van der Waals surface area contributed by atoms with Crippen molar-refractivity contribution in [1.29, 1.82) is 0 Å². The Hall–Kier alpha value is -1.39. The van der Waals surface area contributed by atoms with Crippen LogP contribution in [0.15, 0.2) is 24.3 Å². The molecule has 4 nitrogen and oxygen atoms in total. The summed E-state index contributed by atoms with van der Waals surface area (Å²) in [7, 11) is 1.41. The number of methoxy groups -OCH3 is 1. The van der Waals surface area contributed by atoms with E-state index >= 15 is 0 Å². The van der Waals surface area contributed by atoms with E-state index in [9.17, 15) is 9.90 Å². The fourth-order valence-electron chi connectivity index (χ4n) is 2.64. The molecule has 1 atom stereocenters. The molecular weight excluding hydrogens is 242 g/mol. The van der Waals surface area contributed by atoms with Crippen molar-refractivity contribution in [1.82, 2.24) is 4.90 Å². The van der Waals surface area contributed by atoms with Crippen molar-refractivity contribution in [3.63, 3.8) is 0 Å². The first-order valence-corrected chi connectivity index (χ1v) is 6.73. The zero-order valence-electron chi connectivity index (χ0n) is 11.3. The van der Waals surface area contributed by atoms with Crippen LogP contribution in [-0.2, 0) is 22.5 Å². The standard InChI is InChI=1S/C15H21NO3/c1-19-15(18)9-12-5-2-3-6-13(12)10-16-8-4-7-14(16)11-17/h2-3,5-6,14,17H,4,7-11H2,1H3. The van der Waals surface area contributed by atoms with E-state index in [-0.39, 0.29) is 18.6 Å². The summed E-state index contributed by atoms with van der Waals surface area (Å²) in [5.41, 5.74) is 2.16. The molecule has 0 radical (unpaired) electrons. The quantitative estimate of drug-likeness (QED) is 0.815. The number of hydrogen-bond donors (Lipinski definition) is 1. The van der Waals surface area contributed by atoms with Gasteiger partial charge in [-0.25, -0.2) is 0 Å². The molecule has 1 fully saturated rings. The third-order valence-electron chi connectivity index (χ3n) is 3.76. The van der Waals surface area contributed by atoms with Gasteiger partial charge in [0.1, 0.15) is 0 Å². The van der Waals surface area contributed by atoms with E-state index in [0.29, 0.717) is 6.42 Å². The Kier molecular flexibility index (Phi) is 4.93. The SMILES string of the molecule is COC(=O)Cc1ccccc1CN1CCCC1CO. The lowest BCUT2D eigenvalue weighted by molar-refractivity contribution is -0.139. The van der Waals surface area contributed by atoms with Crippen molar-refractivity contribution in [3.8, 4) is 0 Å². The van der Waals surface area contributed by atoms with Gasteiger partial charge in [-0.05, 0) is 30.5 Å². The topological polar surface area (TPSA) is 49.8 Å². The Bertz CT molecular complexity index is 433. The van der Waals surface area contributed by atoms with Crippen LogP contribution in [0.5, 0.6) is 0 Å². The first kappa shape index (κ1) is 14.0. The minimum absolute atomic E-state index is 0.208. The predicted octanol–water partition coefficient (Wildman–Crippen LogP) is 1.36. The van der Waals surface area contributed by atoms with Gasteiger partial charge < -0.3 is 9.84 Å². The van der Waals surface area contributed by atoms with Gasteiger partial charge in [0.25, 0.3) is 0 Å². The van der Waals surface area contributed by atoms with Gasteiger partial charge in [0.2, 0.25) is 0 Å². The van der Waals surface area contributed by atoms with Gasteiger partial charge in [-0.15, -0.1) is 0 Å². The van der Waals surface area contributed by atoms with E-state index in [1.54, 1.807) is 0 Å². The van der Waals surface area contributed by atoms with Gasteiger partial charge in [-0.3, -0.25) is 9.69 Å². The van der Waals surface area contributed by atoms with E-state index in [0.717, 1.165) is 37.1 Å². The monoisotopic (exact) mass is 263 g/mol. The van der Waals surface area contributed by atoms with Gasteiger partial charge in [0.15, 0.2) is 0 Å². The van der Waals surface area contributed by atoms with Gasteiger partial charge in [-0.2, -0.15) is 0 Å². The number of hydrogen-bond acceptors (Lipinski definition) is 4. The number of carbonyl (C=O) groups excluding carboxylic acids is 1. The van der Waals surface area contributed by atoms with Gasteiger partial charge in [-0.1, -0.05) is 24.3 Å². The summed E-state index contributed by atoms with van der Waals surface area (Å²) < 4.78 is 4.73. The number of nitrogens with zero attached hydrogens (tertiary/aromatic N) is 1. The molecule has 1 unspecified atom stereocenters. The molecule has 0 aromatic heterocycles. The number of ether oxygens (including phenoxy) is 1. The minimum Gasteiger partial charge on any atom is -0.469 e. The van der Waals surface area contributed by atoms with Crippen molar-refractivity contribution in [3.05, 3.63) is 35.4 Å². The molecule has 1 saturated heterocycles. The van der Waals surface area contributed by atoms with Crippen molar-refractivity contribution in [2.45, 2.75) is 31.8 Å². The second-order valence-electron chi connectivity index (χ2n) is 4.97. The summed E-state index contributed by atoms with van der Waals surface area (Å²) >= 11 is 0. The number of aliphatic hydroxyl groups excluding tert-OH is 1. The molecule has 0 bridgehead atoms. The Labute approximate surface area is 114 Å². The van der Waals surface area contributed by atoms with Crippen LogP contribution < -0.4 is 0 Å². The van der Waals surface area contributed by atoms with Gasteiger partial charge in [0.05, 0.1) is 20.1 Å². The maximum absolute atomic E-state index is 11.4. The largest absolute Gasteiger partial charge is 0.469 e. The van der Waals surface area contributed by atoms with Gasteiger partial charge >= 0.3 is 5.97 Å². The normalized spacial score (nSPS) is 19.6. The van der Waals surface area contributed by atoms with Crippen LogP contribution in [0, 0.1) is 0 Å². The summed E-state index contributed by atoms with van der Waals surface area (Å²) in [6.07, 6.45) is 2.49. The Morgan fingerprint density at radius 1 is 1.42 bits per heavy atom. The van der Waals surface area contributed by atoms with E-state index < -0.39 is 0 Å². The summed E-state index contributed by atoms with van der Waals surface area (Å²) in [5, 5.41) is 9.35. The van der Waals surface area contributed by atoms with Crippen molar-refractivity contribution >= 4 is 5.97 Å². The molecule has 1 aliphatic rings. The first-order chi connectivity index (χ1) is 9.24. The molecular formula is C15H21NO3. The molecule has 0 saturated carbocycles. The maximum Gasteiger partial charge on any atom is 0.309 e. The second-order valence-corrected chi connectivity index (χ2v) is 4.97. The van der Waals surface area contributed by atoms with Crippen LogP contribution >= 0.6 is 0 Å². The lowest BCUT2D eigenvalue weighted by Crippen LogP contribution is -2.32. The van der Waals surface area contributed by atoms with E-state index in [4.69, 9.17) is 4.74 Å². The number of rotatable bonds is 5. The summed E-state index contributed by atoms with van der Waals surface area (Å²) in [6.45, 7) is 2.01. The molecule has 1 aromatic carbocycles. The zero-order chi connectivity index (χ0) is 13.7. The Morgan fingerprint density at radius 3 is 2.84 bits per heavy atom. The highest BCUT2D eigenvalue weighted by molar-refractivity contribution is 5.72. The number of benzene rings is 1. The van der Waals surface area contributed by atoms with Crippen LogP contribution in [0.4, 0.5) is 0 Å². The van der Waals surface area contributed by atoms with Crippen molar-refractivity contribution in [2.24, 2.45) is 0 Å². The fraction of sp³-hybridized carbons (Fsp3) is 0.533. The third-order valence-corrected chi connectivity index (χ3v) is 3.76. The highest BCUT2D eigenvalue weighted by Crippen LogP contribution is 2.21. The van der Waals surface area contributed by atoms with Crippen LogP contribution in [0.1, 0.15) is 24.0 Å². The van der Waals surface area contributed by atoms with Gasteiger partial charge in [0, 0.05) is 12.6 Å². The number of likely N-dealkylation sites (tertiary alicyclic amines) is 1. The molecule has 4 heteroatoms. The molecule has 0 spiro atoms. The highest BCUT2D eigenvalue weighted by atomic mass is 16.5.